The molecule has 1 saturated heterocycles. The summed E-state index contributed by atoms with van der Waals surface area (Å²) in [4.78, 5) is 50.9. The molecule has 0 atom stereocenters. The highest BCUT2D eigenvalue weighted by Crippen LogP contribution is 2.31. The van der Waals surface area contributed by atoms with Gasteiger partial charge in [0.15, 0.2) is 5.82 Å². The molecule has 1 fully saturated rings. The lowest BCUT2D eigenvalue weighted by Gasteiger charge is -2.31. The Hall–Kier alpha value is -5.98. The van der Waals surface area contributed by atoms with Crippen LogP contribution >= 0.6 is 22.9 Å². The van der Waals surface area contributed by atoms with E-state index in [2.05, 4.69) is 59.2 Å². The zero-order chi connectivity index (χ0) is 44.1. The number of carboxylic acid groups (broad SMARTS) is 3. The number of nitrogens with zero attached hydrogens (tertiary/aromatic N) is 5. The summed E-state index contributed by atoms with van der Waals surface area (Å²) >= 11 is 7.94. The second-order valence-corrected chi connectivity index (χ2v) is 13.2. The van der Waals surface area contributed by atoms with Crippen LogP contribution in [0.2, 0.25) is 5.02 Å². The maximum atomic E-state index is 13.1. The Morgan fingerprint density at radius 3 is 1.95 bits per heavy atom. The highest BCUT2D eigenvalue weighted by molar-refractivity contribution is 7.13. The molecule has 6 rings (SSSR count). The number of aryl methyl sites for hydroxylation is 2. The Kier molecular flexibility index (Phi) is 16.6. The zero-order valence-electron chi connectivity index (χ0n) is 29.6. The Morgan fingerprint density at radius 1 is 0.831 bits per heavy atom. The molecule has 2 aliphatic rings. The molecule has 0 aliphatic carbocycles. The second-order valence-electron chi connectivity index (χ2n) is 12.0. The molecule has 320 valence electrons. The number of alkyl halides is 9. The molecular weight excluding hydrogens is 859 g/mol. The Bertz CT molecular complexity index is 2010. The van der Waals surface area contributed by atoms with Crippen LogP contribution in [0.15, 0.2) is 54.2 Å². The smallest absolute Gasteiger partial charge is 0.475 e. The van der Waals surface area contributed by atoms with Crippen molar-refractivity contribution in [3.63, 3.8) is 0 Å². The average molecular weight is 889 g/mol. The minimum Gasteiger partial charge on any atom is -0.475 e. The van der Waals surface area contributed by atoms with Crippen molar-refractivity contribution < 1.29 is 74.0 Å². The number of halogens is 10. The van der Waals surface area contributed by atoms with Gasteiger partial charge in [-0.25, -0.2) is 19.4 Å². The summed E-state index contributed by atoms with van der Waals surface area (Å²) in [5, 5.41) is 40.6. The predicted molar refractivity (Wildman–Crippen MR) is 193 cm³/mol. The highest BCUT2D eigenvalue weighted by atomic mass is 35.5. The van der Waals surface area contributed by atoms with E-state index in [0.29, 0.717) is 29.1 Å². The summed E-state index contributed by atoms with van der Waals surface area (Å²) in [6.45, 7) is 1.81. The third-order valence-corrected chi connectivity index (χ3v) is 8.71. The Morgan fingerprint density at radius 2 is 1.41 bits per heavy atom. The molecule has 26 heteroatoms. The average Bonchev–Trinajstić information content (AvgIpc) is 3.68. The van der Waals surface area contributed by atoms with Gasteiger partial charge in [-0.1, -0.05) is 35.1 Å². The van der Waals surface area contributed by atoms with Crippen molar-refractivity contribution in [2.75, 3.05) is 33.9 Å². The van der Waals surface area contributed by atoms with Gasteiger partial charge < -0.3 is 36.2 Å². The third kappa shape index (κ3) is 16.1. The minimum atomic E-state index is -5.08. The number of piperidine rings is 1. The molecule has 2 aromatic carbocycles. The van der Waals surface area contributed by atoms with Gasteiger partial charge in [-0.15, -0.1) is 10.2 Å². The van der Waals surface area contributed by atoms with E-state index in [0.717, 1.165) is 66.5 Å². The lowest BCUT2D eigenvalue weighted by atomic mass is 9.93. The largest absolute Gasteiger partial charge is 0.490 e. The fraction of sp³-hybridized carbons (Fsp3) is 0.333. The molecule has 1 amide bonds. The number of anilines is 6. The highest BCUT2D eigenvalue weighted by Gasteiger charge is 2.39. The van der Waals surface area contributed by atoms with E-state index in [-0.39, 0.29) is 5.91 Å². The van der Waals surface area contributed by atoms with Crippen LogP contribution in [0.1, 0.15) is 30.4 Å². The van der Waals surface area contributed by atoms with Crippen LogP contribution in [0.5, 0.6) is 0 Å². The number of hydrogen-bond acceptors (Lipinski definition) is 12. The van der Waals surface area contributed by atoms with E-state index in [1.165, 1.54) is 5.56 Å². The monoisotopic (exact) mass is 888 g/mol. The fourth-order valence-corrected chi connectivity index (χ4v) is 5.71. The molecule has 6 bridgehead atoms. The molecule has 2 aromatic heterocycles. The van der Waals surface area contributed by atoms with E-state index in [1.54, 1.807) is 23.0 Å². The molecule has 6 N–H and O–H groups in total. The van der Waals surface area contributed by atoms with Gasteiger partial charge in [-0.05, 0) is 73.1 Å². The summed E-state index contributed by atoms with van der Waals surface area (Å²) in [6.07, 6.45) is -9.63. The van der Waals surface area contributed by atoms with Gasteiger partial charge in [0.1, 0.15) is 10.5 Å². The maximum absolute atomic E-state index is 13.1. The van der Waals surface area contributed by atoms with Crippen molar-refractivity contribution in [3.8, 4) is 0 Å². The number of nitrogens with one attached hydrogen (secondary N) is 3. The molecule has 0 spiro atoms. The molecule has 0 unspecified atom stereocenters. The summed E-state index contributed by atoms with van der Waals surface area (Å²) in [7, 11) is 0. The number of carboxylic acids is 3. The zero-order valence-corrected chi connectivity index (χ0v) is 31.2. The summed E-state index contributed by atoms with van der Waals surface area (Å²) in [6, 6.07) is 14.2. The quantitative estimate of drug-likeness (QED) is 0.108. The number of amides is 1. The van der Waals surface area contributed by atoms with Crippen molar-refractivity contribution in [1.82, 2.24) is 20.2 Å². The molecule has 15 nitrogen and oxygen atoms in total. The van der Waals surface area contributed by atoms with Crippen molar-refractivity contribution in [3.05, 3.63) is 70.3 Å². The molecule has 4 heterocycles. The topological polar surface area (TPSA) is 220 Å². The molecule has 59 heavy (non-hydrogen) atoms. The van der Waals surface area contributed by atoms with E-state index in [9.17, 15) is 44.3 Å². The Balaban J connectivity index is 0.000000365. The van der Waals surface area contributed by atoms with Crippen LogP contribution < -0.4 is 20.9 Å². The normalized spacial score (nSPS) is 13.9. The van der Waals surface area contributed by atoms with Crippen LogP contribution in [0.25, 0.3) is 0 Å². The number of carbonyl (C=O) groups is 4. The maximum Gasteiger partial charge on any atom is 0.490 e. The number of carbonyl (C=O) groups excluding carboxylic acids is 1. The van der Waals surface area contributed by atoms with Gasteiger partial charge in [-0.2, -0.15) is 44.5 Å². The first kappa shape index (κ1) is 47.4. The molecule has 0 saturated carbocycles. The summed E-state index contributed by atoms with van der Waals surface area (Å²) in [5.74, 6) is -6.88. The first-order chi connectivity index (χ1) is 27.4. The first-order valence-electron chi connectivity index (χ1n) is 16.4. The van der Waals surface area contributed by atoms with Gasteiger partial charge in [0.25, 0.3) is 0 Å². The molecule has 2 aliphatic heterocycles. The number of fused-ring (bicyclic) bond motifs is 6. The van der Waals surface area contributed by atoms with Crippen molar-refractivity contribution in [2.45, 2.75) is 50.6 Å². The number of hydrogen-bond donors (Lipinski definition) is 6. The lowest BCUT2D eigenvalue weighted by molar-refractivity contribution is -0.193. The number of aromatic nitrogens is 4. The van der Waals surface area contributed by atoms with E-state index in [4.69, 9.17) is 41.3 Å². The van der Waals surface area contributed by atoms with Gasteiger partial charge >= 0.3 is 36.4 Å². The van der Waals surface area contributed by atoms with Gasteiger partial charge in [-0.3, -0.25) is 4.79 Å². The van der Waals surface area contributed by atoms with Crippen LogP contribution in [-0.2, 0) is 32.0 Å². The van der Waals surface area contributed by atoms with Gasteiger partial charge in [0, 0.05) is 36.6 Å². The molecular formula is C33H30ClF9N8O7S. The first-order valence-corrected chi connectivity index (χ1v) is 17.7. The SMILES string of the molecule is O=C(CC1CCN(c2nncs2)CC1)Nc1ccc2cc1CCc1cccc(c1)Nc1ncc(Cl)c(n1)N2.O=C(O)C(F)(F)F.O=C(O)C(F)(F)F.O=C(O)C(F)(F)F. The number of rotatable bonds is 4. The lowest BCUT2D eigenvalue weighted by Crippen LogP contribution is -2.34. The van der Waals surface area contributed by atoms with Crippen LogP contribution in [0.4, 0.5) is 73.5 Å². The number of benzene rings is 2. The van der Waals surface area contributed by atoms with Crippen molar-refractivity contribution in [1.29, 1.82) is 0 Å². The van der Waals surface area contributed by atoms with Crippen molar-refractivity contribution in [2.24, 2.45) is 5.92 Å². The van der Waals surface area contributed by atoms with Gasteiger partial charge in [0.2, 0.25) is 17.0 Å². The standard InChI is InChI=1S/C27H27ClN8OS.3C2HF3O2/c28-22-15-29-26-32-20-3-1-2-17(12-20)4-5-19-14-21(31-25(22)34-26)6-7-23(19)33-24(37)13-18-8-10-36(11-9-18)27-35-30-16-38-27;3*3-2(4,5)1(6)7/h1-3,6-7,12,14-16,18H,4-5,8-11,13H2,(H,33,37)(H2,29,31,32,34);3*(H,6,7). The third-order valence-electron chi connectivity index (χ3n) is 7.69. The second kappa shape index (κ2) is 20.6. The van der Waals surface area contributed by atoms with Crippen LogP contribution in [0.3, 0.4) is 0 Å². The van der Waals surface area contributed by atoms with E-state index >= 15 is 0 Å². The summed E-state index contributed by atoms with van der Waals surface area (Å²) in [5.41, 5.74) is 6.59. The predicted octanol–water partition coefficient (Wildman–Crippen LogP) is 7.71. The molecule has 4 aromatic rings. The van der Waals surface area contributed by atoms with Gasteiger partial charge in [0.05, 0.1) is 6.20 Å². The molecule has 0 radical (unpaired) electrons. The summed E-state index contributed by atoms with van der Waals surface area (Å²) < 4.78 is 95.2. The van der Waals surface area contributed by atoms with Crippen LogP contribution in [-0.4, -0.2) is 90.9 Å². The van der Waals surface area contributed by atoms with E-state index in [1.807, 2.05) is 24.3 Å². The Labute approximate surface area is 335 Å². The van der Waals surface area contributed by atoms with E-state index < -0.39 is 36.4 Å². The van der Waals surface area contributed by atoms with Crippen molar-refractivity contribution >= 4 is 80.7 Å². The fourth-order valence-electron chi connectivity index (χ4n) is 4.96. The number of aliphatic carboxylic acids is 3. The minimum absolute atomic E-state index is 0.0499. The van der Waals surface area contributed by atoms with Crippen LogP contribution in [0, 0.1) is 5.92 Å².